The summed E-state index contributed by atoms with van der Waals surface area (Å²) in [5, 5.41) is 3.63. The highest BCUT2D eigenvalue weighted by molar-refractivity contribution is 9.10. The molecule has 1 unspecified atom stereocenters. The van der Waals surface area contributed by atoms with Crippen LogP contribution in [0.1, 0.15) is 32.8 Å². The molecule has 0 amide bonds. The van der Waals surface area contributed by atoms with Gasteiger partial charge in [-0.25, -0.2) is 0 Å². The van der Waals surface area contributed by atoms with E-state index in [1.807, 2.05) is 0 Å². The van der Waals surface area contributed by atoms with Crippen molar-refractivity contribution in [2.24, 2.45) is 0 Å². The first-order chi connectivity index (χ1) is 8.46. The third-order valence-corrected chi connectivity index (χ3v) is 4.16. The molecule has 0 radical (unpaired) electrons. The van der Waals surface area contributed by atoms with Gasteiger partial charge in [-0.05, 0) is 51.4 Å². The molecule has 1 atom stereocenters. The Morgan fingerprint density at radius 2 is 2.22 bits per heavy atom. The summed E-state index contributed by atoms with van der Waals surface area (Å²) in [7, 11) is 0. The molecule has 1 saturated heterocycles. The number of halogens is 1. The zero-order valence-corrected chi connectivity index (χ0v) is 13.1. The van der Waals surface area contributed by atoms with Crippen molar-refractivity contribution in [3.8, 4) is 0 Å². The molecule has 2 rings (SSSR count). The fourth-order valence-corrected chi connectivity index (χ4v) is 3.05. The highest BCUT2D eigenvalue weighted by atomic mass is 79.9. The molecule has 1 N–H and O–H groups in total. The van der Waals surface area contributed by atoms with Gasteiger partial charge in [-0.2, -0.15) is 0 Å². The minimum atomic E-state index is 0.205. The summed E-state index contributed by atoms with van der Waals surface area (Å²) in [6, 6.07) is 9.27. The molecule has 1 aliphatic rings. The number of rotatable bonds is 2. The molecular weight excluding hydrogens is 288 g/mol. The highest BCUT2D eigenvalue weighted by Crippen LogP contribution is 2.20. The van der Waals surface area contributed by atoms with Gasteiger partial charge in [0.05, 0.1) is 0 Å². The van der Waals surface area contributed by atoms with Gasteiger partial charge in [0.15, 0.2) is 0 Å². The first-order valence-electron chi connectivity index (χ1n) is 6.70. The van der Waals surface area contributed by atoms with E-state index < -0.39 is 0 Å². The Labute approximate surface area is 119 Å². The van der Waals surface area contributed by atoms with Gasteiger partial charge < -0.3 is 5.32 Å². The van der Waals surface area contributed by atoms with Crippen LogP contribution in [0, 0.1) is 0 Å². The molecule has 0 spiro atoms. The number of nitrogens with zero attached hydrogens (tertiary/aromatic N) is 1. The predicted octanol–water partition coefficient (Wildman–Crippen LogP) is 3.41. The first-order valence-corrected chi connectivity index (χ1v) is 7.49. The normalized spacial score (nSPS) is 24.8. The molecule has 2 nitrogen and oxygen atoms in total. The maximum atomic E-state index is 3.63. The van der Waals surface area contributed by atoms with E-state index in [9.17, 15) is 0 Å². The molecule has 100 valence electrons. The monoisotopic (exact) mass is 310 g/mol. The van der Waals surface area contributed by atoms with Crippen molar-refractivity contribution < 1.29 is 0 Å². The van der Waals surface area contributed by atoms with Crippen molar-refractivity contribution in [3.05, 3.63) is 34.3 Å². The minimum absolute atomic E-state index is 0.205. The van der Waals surface area contributed by atoms with Gasteiger partial charge in [-0.15, -0.1) is 0 Å². The smallest absolute Gasteiger partial charge is 0.0252 e. The Morgan fingerprint density at radius 1 is 1.44 bits per heavy atom. The standard InChI is InChI=1S/C15H23BrN2/c1-12-7-8-17-15(2,3)11-18(12)10-13-5-4-6-14(16)9-13/h4-6,9,12,17H,7-8,10-11H2,1-3H3. The van der Waals surface area contributed by atoms with E-state index >= 15 is 0 Å². The molecule has 1 heterocycles. The van der Waals surface area contributed by atoms with Crippen LogP contribution in [-0.2, 0) is 6.54 Å². The second-order valence-corrected chi connectivity index (χ2v) is 6.90. The number of nitrogens with one attached hydrogen (secondary N) is 1. The molecule has 1 fully saturated rings. The summed E-state index contributed by atoms with van der Waals surface area (Å²) in [6.07, 6.45) is 1.22. The quantitative estimate of drug-likeness (QED) is 0.900. The lowest BCUT2D eigenvalue weighted by Crippen LogP contribution is -2.47. The van der Waals surface area contributed by atoms with E-state index in [-0.39, 0.29) is 5.54 Å². The van der Waals surface area contributed by atoms with Crippen LogP contribution < -0.4 is 5.32 Å². The maximum Gasteiger partial charge on any atom is 0.0252 e. The van der Waals surface area contributed by atoms with Crippen molar-refractivity contribution in [2.75, 3.05) is 13.1 Å². The second kappa shape index (κ2) is 5.72. The summed E-state index contributed by atoms with van der Waals surface area (Å²) >= 11 is 3.55. The van der Waals surface area contributed by atoms with Crippen LogP contribution in [0.4, 0.5) is 0 Å². The van der Waals surface area contributed by atoms with E-state index in [1.54, 1.807) is 0 Å². The van der Waals surface area contributed by atoms with E-state index in [4.69, 9.17) is 0 Å². The molecule has 1 aromatic carbocycles. The molecule has 18 heavy (non-hydrogen) atoms. The van der Waals surface area contributed by atoms with E-state index in [0.29, 0.717) is 6.04 Å². The minimum Gasteiger partial charge on any atom is -0.310 e. The van der Waals surface area contributed by atoms with Crippen molar-refractivity contribution in [3.63, 3.8) is 0 Å². The van der Waals surface area contributed by atoms with Gasteiger partial charge in [-0.1, -0.05) is 28.1 Å². The molecular formula is C15H23BrN2. The molecule has 0 saturated carbocycles. The SMILES string of the molecule is CC1CCNC(C)(C)CN1Cc1cccc(Br)c1. The van der Waals surface area contributed by atoms with Crippen molar-refractivity contribution in [1.29, 1.82) is 0 Å². The van der Waals surface area contributed by atoms with Gasteiger partial charge in [0, 0.05) is 29.1 Å². The average Bonchev–Trinajstić information content (AvgIpc) is 2.38. The van der Waals surface area contributed by atoms with Gasteiger partial charge in [-0.3, -0.25) is 4.90 Å². The molecule has 3 heteroatoms. The topological polar surface area (TPSA) is 15.3 Å². The van der Waals surface area contributed by atoms with Crippen molar-refractivity contribution in [1.82, 2.24) is 10.2 Å². The first kappa shape index (κ1) is 14.0. The summed E-state index contributed by atoms with van der Waals surface area (Å²) in [5.74, 6) is 0. The van der Waals surface area contributed by atoms with Crippen molar-refractivity contribution in [2.45, 2.75) is 45.3 Å². The number of hydrogen-bond donors (Lipinski definition) is 1. The van der Waals surface area contributed by atoms with Gasteiger partial charge in [0.1, 0.15) is 0 Å². The predicted molar refractivity (Wildman–Crippen MR) is 80.7 cm³/mol. The fraction of sp³-hybridized carbons (Fsp3) is 0.600. The molecule has 0 aromatic heterocycles. The van der Waals surface area contributed by atoms with Crippen LogP contribution in [0.25, 0.3) is 0 Å². The van der Waals surface area contributed by atoms with Gasteiger partial charge >= 0.3 is 0 Å². The molecule has 0 aliphatic carbocycles. The number of benzene rings is 1. The van der Waals surface area contributed by atoms with Crippen molar-refractivity contribution >= 4 is 15.9 Å². The summed E-state index contributed by atoms with van der Waals surface area (Å²) < 4.78 is 1.17. The highest BCUT2D eigenvalue weighted by Gasteiger charge is 2.27. The lowest BCUT2D eigenvalue weighted by Gasteiger charge is -2.33. The fourth-order valence-electron chi connectivity index (χ4n) is 2.60. The van der Waals surface area contributed by atoms with E-state index in [1.165, 1.54) is 16.5 Å². The maximum absolute atomic E-state index is 3.63. The van der Waals surface area contributed by atoms with Crippen LogP contribution in [0.3, 0.4) is 0 Å². The summed E-state index contributed by atoms with van der Waals surface area (Å²) in [5.41, 5.74) is 1.59. The van der Waals surface area contributed by atoms with Crippen LogP contribution in [0.15, 0.2) is 28.7 Å². The van der Waals surface area contributed by atoms with E-state index in [0.717, 1.165) is 19.6 Å². The van der Waals surface area contributed by atoms with Crippen LogP contribution in [0.2, 0.25) is 0 Å². The zero-order valence-electron chi connectivity index (χ0n) is 11.5. The van der Waals surface area contributed by atoms with Crippen LogP contribution >= 0.6 is 15.9 Å². The third-order valence-electron chi connectivity index (χ3n) is 3.66. The molecule has 1 aliphatic heterocycles. The average molecular weight is 311 g/mol. The molecule has 0 bridgehead atoms. The third kappa shape index (κ3) is 3.81. The lowest BCUT2D eigenvalue weighted by molar-refractivity contribution is 0.173. The van der Waals surface area contributed by atoms with E-state index in [2.05, 4.69) is 71.2 Å². The Hall–Kier alpha value is -0.380. The Bertz CT molecular complexity index is 403. The van der Waals surface area contributed by atoms with Gasteiger partial charge in [0.25, 0.3) is 0 Å². The zero-order chi connectivity index (χ0) is 13.2. The van der Waals surface area contributed by atoms with Crippen LogP contribution in [-0.4, -0.2) is 29.6 Å². The molecule has 1 aromatic rings. The largest absolute Gasteiger partial charge is 0.310 e. The lowest BCUT2D eigenvalue weighted by atomic mass is 10.0. The van der Waals surface area contributed by atoms with Crippen LogP contribution in [0.5, 0.6) is 0 Å². The summed E-state index contributed by atoms with van der Waals surface area (Å²) in [4.78, 5) is 2.59. The van der Waals surface area contributed by atoms with Gasteiger partial charge in [0.2, 0.25) is 0 Å². The second-order valence-electron chi connectivity index (χ2n) is 5.98. The summed E-state index contributed by atoms with van der Waals surface area (Å²) in [6.45, 7) is 10.2. The Kier molecular flexibility index (Phi) is 4.46. The Balaban J connectivity index is 2.10. The Morgan fingerprint density at radius 3 is 2.94 bits per heavy atom. The number of hydrogen-bond acceptors (Lipinski definition) is 2.